The van der Waals surface area contributed by atoms with Crippen molar-refractivity contribution >= 4 is 12.0 Å². The van der Waals surface area contributed by atoms with Gasteiger partial charge in [-0.05, 0) is 54.8 Å². The molecular formula is C20H19NO4. The molecule has 2 rings (SSSR count). The second-order valence-corrected chi connectivity index (χ2v) is 5.51. The quantitative estimate of drug-likeness (QED) is 0.473. The van der Waals surface area contributed by atoms with Crippen molar-refractivity contribution in [2.45, 2.75) is 13.8 Å². The predicted octanol–water partition coefficient (Wildman–Crippen LogP) is 3.75. The van der Waals surface area contributed by atoms with E-state index in [-0.39, 0.29) is 5.57 Å². The van der Waals surface area contributed by atoms with E-state index in [0.717, 1.165) is 16.9 Å². The number of carboxylic acid groups (broad SMARTS) is 1. The van der Waals surface area contributed by atoms with Gasteiger partial charge in [-0.1, -0.05) is 24.3 Å². The highest BCUT2D eigenvalue weighted by Crippen LogP contribution is 2.19. The van der Waals surface area contributed by atoms with Crippen molar-refractivity contribution in [2.24, 2.45) is 0 Å². The normalized spacial score (nSPS) is 10.8. The van der Waals surface area contributed by atoms with Crippen LogP contribution in [0.1, 0.15) is 16.7 Å². The lowest BCUT2D eigenvalue weighted by molar-refractivity contribution is -0.132. The first kappa shape index (κ1) is 18.1. The number of aliphatic carboxylic acids is 1. The number of nitrogens with zero attached hydrogens (tertiary/aromatic N) is 1. The van der Waals surface area contributed by atoms with E-state index in [1.807, 2.05) is 32.0 Å². The number of ether oxygens (including phenoxy) is 2. The Morgan fingerprint density at radius 3 is 2.64 bits per heavy atom. The molecule has 1 N–H and O–H groups in total. The third-order valence-electron chi connectivity index (χ3n) is 3.47. The van der Waals surface area contributed by atoms with E-state index in [0.29, 0.717) is 24.5 Å². The smallest absolute Gasteiger partial charge is 0.346 e. The summed E-state index contributed by atoms with van der Waals surface area (Å²) in [5.74, 6) is 0.164. The summed E-state index contributed by atoms with van der Waals surface area (Å²) in [4.78, 5) is 10.9. The topological polar surface area (TPSA) is 79.5 Å². The zero-order valence-corrected chi connectivity index (χ0v) is 14.2. The molecule has 2 aromatic carbocycles. The van der Waals surface area contributed by atoms with E-state index >= 15 is 0 Å². The monoisotopic (exact) mass is 337 g/mol. The second-order valence-electron chi connectivity index (χ2n) is 5.51. The first-order valence-corrected chi connectivity index (χ1v) is 7.77. The molecule has 0 aromatic heterocycles. The van der Waals surface area contributed by atoms with Gasteiger partial charge in [-0.3, -0.25) is 0 Å². The molecule has 0 aliphatic rings. The Morgan fingerprint density at radius 1 is 1.16 bits per heavy atom. The van der Waals surface area contributed by atoms with Crippen LogP contribution in [0.2, 0.25) is 0 Å². The minimum absolute atomic E-state index is 0.324. The highest BCUT2D eigenvalue weighted by atomic mass is 16.5. The molecule has 128 valence electrons. The van der Waals surface area contributed by atoms with Crippen LogP contribution in [0, 0.1) is 25.2 Å². The number of nitriles is 1. The van der Waals surface area contributed by atoms with Crippen LogP contribution in [0.3, 0.4) is 0 Å². The lowest BCUT2D eigenvalue weighted by atomic mass is 10.1. The number of hydrogen-bond acceptors (Lipinski definition) is 4. The third-order valence-corrected chi connectivity index (χ3v) is 3.47. The van der Waals surface area contributed by atoms with Crippen LogP contribution in [-0.4, -0.2) is 24.3 Å². The number of aryl methyl sites for hydroxylation is 2. The number of benzene rings is 2. The van der Waals surface area contributed by atoms with Gasteiger partial charge in [0.1, 0.15) is 36.4 Å². The molecule has 0 spiro atoms. The average Bonchev–Trinajstić information content (AvgIpc) is 2.59. The molecule has 0 amide bonds. The van der Waals surface area contributed by atoms with Crippen molar-refractivity contribution in [3.8, 4) is 17.6 Å². The Balaban J connectivity index is 1.93. The zero-order valence-electron chi connectivity index (χ0n) is 14.2. The molecule has 0 aliphatic carbocycles. The van der Waals surface area contributed by atoms with E-state index in [9.17, 15) is 4.79 Å². The maximum atomic E-state index is 10.9. The molecule has 0 aliphatic heterocycles. The van der Waals surface area contributed by atoms with Gasteiger partial charge < -0.3 is 14.6 Å². The molecule has 0 unspecified atom stereocenters. The van der Waals surface area contributed by atoms with E-state index in [4.69, 9.17) is 19.8 Å². The van der Waals surface area contributed by atoms with Crippen LogP contribution >= 0.6 is 0 Å². The molecule has 0 atom stereocenters. The molecular weight excluding hydrogens is 318 g/mol. The Morgan fingerprint density at radius 2 is 1.92 bits per heavy atom. The molecule has 0 bridgehead atoms. The highest BCUT2D eigenvalue weighted by molar-refractivity contribution is 5.96. The van der Waals surface area contributed by atoms with E-state index in [1.165, 1.54) is 6.08 Å². The standard InChI is InChI=1S/C20H19NO4/c1-14-6-7-15(2)19(10-14)25-9-8-24-18-5-3-4-16(12-18)11-17(13-21)20(22)23/h3-7,10-12H,8-9H2,1-2H3,(H,22,23). The SMILES string of the molecule is Cc1ccc(C)c(OCCOc2cccc(C=C(C#N)C(=O)O)c2)c1. The number of carboxylic acids is 1. The maximum absolute atomic E-state index is 10.9. The van der Waals surface area contributed by atoms with Crippen LogP contribution < -0.4 is 9.47 Å². The molecule has 0 saturated heterocycles. The first-order chi connectivity index (χ1) is 12.0. The molecule has 5 heteroatoms. The largest absolute Gasteiger partial charge is 0.490 e. The molecule has 2 aromatic rings. The van der Waals surface area contributed by atoms with Gasteiger partial charge in [-0.25, -0.2) is 4.79 Å². The van der Waals surface area contributed by atoms with Gasteiger partial charge in [-0.15, -0.1) is 0 Å². The van der Waals surface area contributed by atoms with Gasteiger partial charge in [0.05, 0.1) is 0 Å². The van der Waals surface area contributed by atoms with Crippen molar-refractivity contribution in [3.63, 3.8) is 0 Å². The fourth-order valence-electron chi connectivity index (χ4n) is 2.18. The summed E-state index contributed by atoms with van der Waals surface area (Å²) < 4.78 is 11.4. The summed E-state index contributed by atoms with van der Waals surface area (Å²) in [6.07, 6.45) is 1.31. The highest BCUT2D eigenvalue weighted by Gasteiger charge is 2.06. The number of hydrogen-bond donors (Lipinski definition) is 1. The maximum Gasteiger partial charge on any atom is 0.346 e. The summed E-state index contributed by atoms with van der Waals surface area (Å²) in [6, 6.07) is 14.6. The number of carbonyl (C=O) groups is 1. The van der Waals surface area contributed by atoms with Gasteiger partial charge in [0, 0.05) is 0 Å². The van der Waals surface area contributed by atoms with Gasteiger partial charge in [0.2, 0.25) is 0 Å². The van der Waals surface area contributed by atoms with E-state index in [2.05, 4.69) is 0 Å². The van der Waals surface area contributed by atoms with E-state index in [1.54, 1.807) is 30.3 Å². The van der Waals surface area contributed by atoms with Crippen molar-refractivity contribution in [2.75, 3.05) is 13.2 Å². The molecule has 0 fully saturated rings. The summed E-state index contributed by atoms with van der Waals surface area (Å²) in [5, 5.41) is 17.7. The predicted molar refractivity (Wildman–Crippen MR) is 94.6 cm³/mol. The fourth-order valence-corrected chi connectivity index (χ4v) is 2.18. The molecule has 0 saturated carbocycles. The Bertz CT molecular complexity index is 834. The van der Waals surface area contributed by atoms with Crippen LogP contribution in [0.25, 0.3) is 6.08 Å². The molecule has 25 heavy (non-hydrogen) atoms. The van der Waals surface area contributed by atoms with Gasteiger partial charge >= 0.3 is 5.97 Å². The Kier molecular flexibility index (Phi) is 6.19. The summed E-state index contributed by atoms with van der Waals surface area (Å²) >= 11 is 0. The van der Waals surface area contributed by atoms with Crippen LogP contribution in [-0.2, 0) is 4.79 Å². The van der Waals surface area contributed by atoms with Gasteiger partial charge in [0.15, 0.2) is 0 Å². The minimum atomic E-state index is -1.25. The molecule has 0 heterocycles. The summed E-state index contributed by atoms with van der Waals surface area (Å²) in [6.45, 7) is 4.74. The second kappa shape index (κ2) is 8.55. The Hall–Kier alpha value is -3.26. The summed E-state index contributed by atoms with van der Waals surface area (Å²) in [5.41, 5.74) is 2.46. The van der Waals surface area contributed by atoms with E-state index < -0.39 is 5.97 Å². The minimum Gasteiger partial charge on any atom is -0.490 e. The first-order valence-electron chi connectivity index (χ1n) is 7.77. The van der Waals surface area contributed by atoms with Gasteiger partial charge in [-0.2, -0.15) is 5.26 Å². The summed E-state index contributed by atoms with van der Waals surface area (Å²) in [7, 11) is 0. The lowest BCUT2D eigenvalue weighted by Gasteiger charge is -2.11. The van der Waals surface area contributed by atoms with Crippen molar-refractivity contribution in [1.29, 1.82) is 5.26 Å². The van der Waals surface area contributed by atoms with Crippen molar-refractivity contribution < 1.29 is 19.4 Å². The van der Waals surface area contributed by atoms with Crippen LogP contribution in [0.5, 0.6) is 11.5 Å². The lowest BCUT2D eigenvalue weighted by Crippen LogP contribution is -2.09. The van der Waals surface area contributed by atoms with Crippen molar-refractivity contribution in [1.82, 2.24) is 0 Å². The molecule has 0 radical (unpaired) electrons. The fraction of sp³-hybridized carbons (Fsp3) is 0.200. The molecule has 5 nitrogen and oxygen atoms in total. The third kappa shape index (κ3) is 5.40. The van der Waals surface area contributed by atoms with Gasteiger partial charge in [0.25, 0.3) is 0 Å². The Labute approximate surface area is 146 Å². The van der Waals surface area contributed by atoms with Crippen molar-refractivity contribution in [3.05, 3.63) is 64.7 Å². The zero-order chi connectivity index (χ0) is 18.2. The number of rotatable bonds is 7. The van der Waals surface area contributed by atoms with Crippen LogP contribution in [0.4, 0.5) is 0 Å². The average molecular weight is 337 g/mol. The van der Waals surface area contributed by atoms with Crippen LogP contribution in [0.15, 0.2) is 48.0 Å².